The molecule has 83 heavy (non-hydrogen) atoms. The zero-order valence-corrected chi connectivity index (χ0v) is 54.2. The Balaban J connectivity index is 4.20. The van der Waals surface area contributed by atoms with Crippen molar-refractivity contribution in [3.05, 3.63) is 134 Å². The van der Waals surface area contributed by atoms with Crippen LogP contribution in [-0.4, -0.2) is 37.2 Å². The van der Waals surface area contributed by atoms with Gasteiger partial charge in [0.2, 0.25) is 0 Å². The molecule has 0 aliphatic rings. The van der Waals surface area contributed by atoms with Gasteiger partial charge >= 0.3 is 17.9 Å². The van der Waals surface area contributed by atoms with Crippen LogP contribution in [0.15, 0.2) is 134 Å². The van der Waals surface area contributed by atoms with Crippen LogP contribution in [0, 0.1) is 0 Å². The van der Waals surface area contributed by atoms with E-state index in [0.29, 0.717) is 19.3 Å². The van der Waals surface area contributed by atoms with E-state index in [9.17, 15) is 14.4 Å². The molecule has 0 fully saturated rings. The highest BCUT2D eigenvalue weighted by atomic mass is 16.6. The van der Waals surface area contributed by atoms with Gasteiger partial charge in [-0.25, -0.2) is 0 Å². The average molecular weight is 1150 g/mol. The summed E-state index contributed by atoms with van der Waals surface area (Å²) in [7, 11) is 0. The molecule has 472 valence electrons. The Labute approximate surface area is 513 Å². The smallest absolute Gasteiger partial charge is 0.306 e. The predicted octanol–water partition coefficient (Wildman–Crippen LogP) is 24.1. The number of allylic oxidation sites excluding steroid dienone is 22. The Hall–Kier alpha value is -4.45. The van der Waals surface area contributed by atoms with Gasteiger partial charge in [0.25, 0.3) is 0 Å². The Morgan fingerprint density at radius 1 is 0.253 bits per heavy atom. The summed E-state index contributed by atoms with van der Waals surface area (Å²) in [6.45, 7) is 6.41. The molecule has 0 rings (SSSR count). The molecule has 6 nitrogen and oxygen atoms in total. The van der Waals surface area contributed by atoms with Crippen LogP contribution in [0.5, 0.6) is 0 Å². The second kappa shape index (κ2) is 70.0. The van der Waals surface area contributed by atoms with Crippen molar-refractivity contribution in [2.45, 2.75) is 322 Å². The van der Waals surface area contributed by atoms with Crippen LogP contribution < -0.4 is 0 Å². The fraction of sp³-hybridized carbons (Fsp3) is 0.675. The number of ether oxygens (including phenoxy) is 3. The lowest BCUT2D eigenvalue weighted by Crippen LogP contribution is -2.30. The first-order chi connectivity index (χ1) is 41.0. The molecule has 0 aliphatic carbocycles. The molecule has 1 atom stereocenters. The molecule has 0 aromatic heterocycles. The van der Waals surface area contributed by atoms with E-state index in [1.165, 1.54) is 141 Å². The molecule has 0 saturated carbocycles. The quantitative estimate of drug-likeness (QED) is 0.0261. The lowest BCUT2D eigenvalue weighted by Gasteiger charge is -2.18. The van der Waals surface area contributed by atoms with Crippen molar-refractivity contribution in [2.75, 3.05) is 13.2 Å². The topological polar surface area (TPSA) is 78.9 Å². The van der Waals surface area contributed by atoms with Gasteiger partial charge in [0, 0.05) is 19.3 Å². The molecule has 0 aliphatic heterocycles. The fourth-order valence-corrected chi connectivity index (χ4v) is 9.53. The Morgan fingerprint density at radius 3 is 0.735 bits per heavy atom. The van der Waals surface area contributed by atoms with Crippen molar-refractivity contribution in [3.63, 3.8) is 0 Å². The number of rotatable bonds is 62. The maximum Gasteiger partial charge on any atom is 0.306 e. The number of carbonyl (C=O) groups is 3. The maximum atomic E-state index is 12.9. The van der Waals surface area contributed by atoms with Crippen LogP contribution in [-0.2, 0) is 28.6 Å². The summed E-state index contributed by atoms with van der Waals surface area (Å²) < 4.78 is 16.9. The molecular weight excluding hydrogens is 1020 g/mol. The average Bonchev–Trinajstić information content (AvgIpc) is 3.49. The molecule has 0 aromatic carbocycles. The third-order valence-electron chi connectivity index (χ3n) is 14.7. The minimum absolute atomic E-state index is 0.0803. The minimum Gasteiger partial charge on any atom is -0.462 e. The second-order valence-corrected chi connectivity index (χ2v) is 22.7. The summed E-state index contributed by atoms with van der Waals surface area (Å²) in [6.07, 6.45) is 99.1. The molecule has 0 spiro atoms. The molecule has 0 bridgehead atoms. The Morgan fingerprint density at radius 2 is 0.470 bits per heavy atom. The molecular formula is C77H128O6. The maximum absolute atomic E-state index is 12.9. The van der Waals surface area contributed by atoms with Gasteiger partial charge in [-0.2, -0.15) is 0 Å². The van der Waals surface area contributed by atoms with E-state index in [2.05, 4.69) is 154 Å². The lowest BCUT2D eigenvalue weighted by molar-refractivity contribution is -0.167. The zero-order chi connectivity index (χ0) is 59.9. The van der Waals surface area contributed by atoms with E-state index >= 15 is 0 Å². The minimum atomic E-state index is -0.784. The van der Waals surface area contributed by atoms with Crippen molar-refractivity contribution >= 4 is 17.9 Å². The van der Waals surface area contributed by atoms with Crippen LogP contribution in [0.4, 0.5) is 0 Å². The van der Waals surface area contributed by atoms with Crippen molar-refractivity contribution < 1.29 is 28.6 Å². The first-order valence-corrected chi connectivity index (χ1v) is 34.7. The first kappa shape index (κ1) is 78.5. The van der Waals surface area contributed by atoms with Crippen LogP contribution in [0.3, 0.4) is 0 Å². The van der Waals surface area contributed by atoms with Gasteiger partial charge < -0.3 is 14.2 Å². The summed E-state index contributed by atoms with van der Waals surface area (Å²) in [5.41, 5.74) is 0. The molecule has 0 radical (unpaired) electrons. The highest BCUT2D eigenvalue weighted by Crippen LogP contribution is 2.16. The second-order valence-electron chi connectivity index (χ2n) is 22.7. The molecule has 0 saturated heterocycles. The van der Waals surface area contributed by atoms with Gasteiger partial charge in [-0.1, -0.05) is 315 Å². The van der Waals surface area contributed by atoms with Crippen LogP contribution in [0.25, 0.3) is 0 Å². The van der Waals surface area contributed by atoms with Gasteiger partial charge in [-0.05, 0) is 116 Å². The molecule has 0 N–H and O–H groups in total. The van der Waals surface area contributed by atoms with Crippen LogP contribution >= 0.6 is 0 Å². The van der Waals surface area contributed by atoms with E-state index in [0.717, 1.165) is 135 Å². The number of unbranched alkanes of at least 4 members (excludes halogenated alkanes) is 29. The van der Waals surface area contributed by atoms with Gasteiger partial charge in [-0.15, -0.1) is 0 Å². The standard InChI is InChI=1S/C77H128O6/c1-4-7-10-13-16-19-21-23-25-27-29-31-33-35-36-37-38-39-40-42-43-45-47-49-51-53-55-58-61-64-67-70-76(79)82-73-74(72-81-75(78)69-66-63-60-57-18-15-12-9-6-3)83-77(80)71-68-65-62-59-56-54-52-50-48-46-44-41-34-32-30-28-26-24-22-20-17-14-11-8-5-2/h7-8,10-11,16-17,19-20,23-26,29-32,35-36,38-39,42-43,74H,4-6,9,12-15,18,21-22,27-28,33-34,37,40-41,44-73H2,1-3H3/b10-7-,11-8-,19-16-,20-17-,25-23-,26-24-,31-29-,32-30-,36-35-,39-38-,43-42-. The van der Waals surface area contributed by atoms with E-state index in [1.807, 2.05) is 0 Å². The van der Waals surface area contributed by atoms with Gasteiger partial charge in [0.15, 0.2) is 6.10 Å². The first-order valence-electron chi connectivity index (χ1n) is 34.7. The predicted molar refractivity (Wildman–Crippen MR) is 362 cm³/mol. The summed E-state index contributed by atoms with van der Waals surface area (Å²) in [4.78, 5) is 38.3. The van der Waals surface area contributed by atoms with E-state index in [4.69, 9.17) is 14.2 Å². The van der Waals surface area contributed by atoms with Crippen LogP contribution in [0.1, 0.15) is 316 Å². The lowest BCUT2D eigenvalue weighted by atomic mass is 10.0. The normalized spacial score (nSPS) is 13.0. The Bertz CT molecular complexity index is 1750. The third-order valence-corrected chi connectivity index (χ3v) is 14.7. The highest BCUT2D eigenvalue weighted by Gasteiger charge is 2.19. The van der Waals surface area contributed by atoms with Crippen molar-refractivity contribution in [1.29, 1.82) is 0 Å². The summed E-state index contributed by atoms with van der Waals surface area (Å²) in [5, 5.41) is 0. The summed E-state index contributed by atoms with van der Waals surface area (Å²) in [5.74, 6) is -0.884. The largest absolute Gasteiger partial charge is 0.462 e. The SMILES string of the molecule is CC/C=C\C/C=C\C/C=C\C/C=C\C/C=C\C/C=C\C/C=C\CCCCCCCCCCCC(=O)OCC(COC(=O)CCCCCCCCCCC)OC(=O)CCCCCCCCCCCCCC/C=C\C/C=C\C/C=C\C/C=C\CC. The fourth-order valence-electron chi connectivity index (χ4n) is 9.53. The zero-order valence-electron chi connectivity index (χ0n) is 54.2. The van der Waals surface area contributed by atoms with Crippen molar-refractivity contribution in [2.24, 2.45) is 0 Å². The van der Waals surface area contributed by atoms with Gasteiger partial charge in [0.1, 0.15) is 13.2 Å². The van der Waals surface area contributed by atoms with E-state index < -0.39 is 6.10 Å². The summed E-state index contributed by atoms with van der Waals surface area (Å²) >= 11 is 0. The third kappa shape index (κ3) is 68.2. The van der Waals surface area contributed by atoms with Gasteiger partial charge in [-0.3, -0.25) is 14.4 Å². The number of hydrogen-bond donors (Lipinski definition) is 0. The molecule has 1 unspecified atom stereocenters. The van der Waals surface area contributed by atoms with E-state index in [1.54, 1.807) is 0 Å². The Kier molecular flexibility index (Phi) is 66.3. The van der Waals surface area contributed by atoms with Gasteiger partial charge in [0.05, 0.1) is 0 Å². The van der Waals surface area contributed by atoms with Crippen molar-refractivity contribution in [1.82, 2.24) is 0 Å². The highest BCUT2D eigenvalue weighted by molar-refractivity contribution is 5.71. The molecule has 6 heteroatoms. The molecule has 0 heterocycles. The number of hydrogen-bond acceptors (Lipinski definition) is 6. The van der Waals surface area contributed by atoms with Crippen LogP contribution in [0.2, 0.25) is 0 Å². The molecule has 0 aromatic rings. The number of carbonyl (C=O) groups excluding carboxylic acids is 3. The number of esters is 3. The summed E-state index contributed by atoms with van der Waals surface area (Å²) in [6, 6.07) is 0. The van der Waals surface area contributed by atoms with Crippen molar-refractivity contribution in [3.8, 4) is 0 Å². The molecule has 0 amide bonds. The van der Waals surface area contributed by atoms with E-state index in [-0.39, 0.29) is 31.1 Å². The monoisotopic (exact) mass is 1150 g/mol.